The quantitative estimate of drug-likeness (QED) is 0.837. The van der Waals surface area contributed by atoms with Crippen molar-refractivity contribution in [2.75, 3.05) is 6.54 Å². The molecule has 0 aliphatic carbocycles. The standard InChI is InChI=1S/C15H16INO/c16-14-7-6-12(8-9-17)10-15(14)18-11-13-4-2-1-3-5-13/h1-7,10H,8-9,11,17H2. The molecule has 0 heterocycles. The lowest BCUT2D eigenvalue weighted by molar-refractivity contribution is 0.303. The average Bonchev–Trinajstić information content (AvgIpc) is 2.41. The summed E-state index contributed by atoms with van der Waals surface area (Å²) in [5.41, 5.74) is 7.97. The smallest absolute Gasteiger partial charge is 0.133 e. The third-order valence-electron chi connectivity index (χ3n) is 2.67. The van der Waals surface area contributed by atoms with Gasteiger partial charge in [-0.1, -0.05) is 36.4 Å². The molecular weight excluding hydrogens is 337 g/mol. The molecule has 0 radical (unpaired) electrons. The van der Waals surface area contributed by atoms with Gasteiger partial charge in [-0.05, 0) is 58.8 Å². The number of nitrogens with two attached hydrogens (primary N) is 1. The number of benzene rings is 2. The van der Waals surface area contributed by atoms with Gasteiger partial charge in [-0.25, -0.2) is 0 Å². The number of halogens is 1. The highest BCUT2D eigenvalue weighted by molar-refractivity contribution is 14.1. The normalized spacial score (nSPS) is 10.3. The first-order chi connectivity index (χ1) is 8.79. The lowest BCUT2D eigenvalue weighted by atomic mass is 10.1. The van der Waals surface area contributed by atoms with Gasteiger partial charge in [0, 0.05) is 0 Å². The van der Waals surface area contributed by atoms with E-state index in [0.717, 1.165) is 15.7 Å². The number of ether oxygens (including phenoxy) is 1. The van der Waals surface area contributed by atoms with E-state index in [1.54, 1.807) is 0 Å². The van der Waals surface area contributed by atoms with Crippen molar-refractivity contribution in [2.45, 2.75) is 13.0 Å². The zero-order valence-corrected chi connectivity index (χ0v) is 12.3. The van der Waals surface area contributed by atoms with Crippen LogP contribution in [0.3, 0.4) is 0 Å². The fourth-order valence-electron chi connectivity index (χ4n) is 1.72. The Balaban J connectivity index is 2.06. The van der Waals surface area contributed by atoms with E-state index in [4.69, 9.17) is 10.5 Å². The molecule has 0 saturated heterocycles. The number of rotatable bonds is 5. The Morgan fingerprint density at radius 3 is 2.50 bits per heavy atom. The molecule has 2 aromatic carbocycles. The van der Waals surface area contributed by atoms with E-state index in [0.29, 0.717) is 13.2 Å². The van der Waals surface area contributed by atoms with E-state index in [9.17, 15) is 0 Å². The van der Waals surface area contributed by atoms with Gasteiger partial charge in [0.2, 0.25) is 0 Å². The lowest BCUT2D eigenvalue weighted by Crippen LogP contribution is -2.03. The second-order valence-electron chi connectivity index (χ2n) is 4.08. The second kappa shape index (κ2) is 6.75. The Labute approximate surface area is 121 Å². The molecule has 2 nitrogen and oxygen atoms in total. The van der Waals surface area contributed by atoms with Gasteiger partial charge < -0.3 is 10.5 Å². The highest BCUT2D eigenvalue weighted by Gasteiger charge is 2.03. The van der Waals surface area contributed by atoms with Crippen LogP contribution in [0.15, 0.2) is 48.5 Å². The first-order valence-corrected chi connectivity index (χ1v) is 7.02. The van der Waals surface area contributed by atoms with Crippen LogP contribution in [0.5, 0.6) is 5.75 Å². The monoisotopic (exact) mass is 353 g/mol. The summed E-state index contributed by atoms with van der Waals surface area (Å²) in [7, 11) is 0. The summed E-state index contributed by atoms with van der Waals surface area (Å²) in [6.07, 6.45) is 0.888. The Morgan fingerprint density at radius 1 is 1.00 bits per heavy atom. The van der Waals surface area contributed by atoms with Gasteiger partial charge in [-0.15, -0.1) is 0 Å². The highest BCUT2D eigenvalue weighted by atomic mass is 127. The minimum atomic E-state index is 0.600. The molecule has 2 rings (SSSR count). The Morgan fingerprint density at radius 2 is 1.78 bits per heavy atom. The Hall–Kier alpha value is -1.07. The van der Waals surface area contributed by atoms with E-state index >= 15 is 0 Å². The molecule has 3 heteroatoms. The van der Waals surface area contributed by atoms with E-state index < -0.39 is 0 Å². The highest BCUT2D eigenvalue weighted by Crippen LogP contribution is 2.23. The Kier molecular flexibility index (Phi) is 5.01. The van der Waals surface area contributed by atoms with Crippen molar-refractivity contribution >= 4 is 22.6 Å². The summed E-state index contributed by atoms with van der Waals surface area (Å²) < 4.78 is 6.99. The van der Waals surface area contributed by atoms with E-state index in [1.807, 2.05) is 18.2 Å². The Bertz CT molecular complexity index is 499. The fourth-order valence-corrected chi connectivity index (χ4v) is 2.21. The van der Waals surface area contributed by atoms with Crippen molar-refractivity contribution in [3.8, 4) is 5.75 Å². The molecule has 18 heavy (non-hydrogen) atoms. The summed E-state index contributed by atoms with van der Waals surface area (Å²) in [6.45, 7) is 1.27. The predicted molar refractivity (Wildman–Crippen MR) is 82.7 cm³/mol. The van der Waals surface area contributed by atoms with Crippen LogP contribution in [0, 0.1) is 3.57 Å². The van der Waals surface area contributed by atoms with Gasteiger partial charge in [-0.2, -0.15) is 0 Å². The molecule has 0 unspecified atom stereocenters. The molecule has 0 aliphatic rings. The van der Waals surface area contributed by atoms with Crippen LogP contribution in [0.25, 0.3) is 0 Å². The molecule has 0 bridgehead atoms. The van der Waals surface area contributed by atoms with Gasteiger partial charge in [0.1, 0.15) is 12.4 Å². The van der Waals surface area contributed by atoms with Gasteiger partial charge in [-0.3, -0.25) is 0 Å². The SMILES string of the molecule is NCCc1ccc(I)c(OCc2ccccc2)c1. The molecule has 0 spiro atoms. The first-order valence-electron chi connectivity index (χ1n) is 5.95. The van der Waals surface area contributed by atoms with Crippen molar-refractivity contribution in [3.05, 3.63) is 63.2 Å². The molecule has 0 atom stereocenters. The third-order valence-corrected chi connectivity index (χ3v) is 3.56. The van der Waals surface area contributed by atoms with Crippen molar-refractivity contribution < 1.29 is 4.74 Å². The maximum absolute atomic E-state index is 5.86. The van der Waals surface area contributed by atoms with Crippen LogP contribution in [-0.4, -0.2) is 6.54 Å². The predicted octanol–water partition coefficient (Wildman–Crippen LogP) is 3.37. The molecule has 0 saturated carbocycles. The molecule has 2 N–H and O–H groups in total. The summed E-state index contributed by atoms with van der Waals surface area (Å²) in [5.74, 6) is 0.936. The van der Waals surface area contributed by atoms with Gasteiger partial charge >= 0.3 is 0 Å². The first kappa shape index (κ1) is 13.4. The van der Waals surface area contributed by atoms with Crippen LogP contribution >= 0.6 is 22.6 Å². The van der Waals surface area contributed by atoms with Crippen molar-refractivity contribution in [1.82, 2.24) is 0 Å². The maximum Gasteiger partial charge on any atom is 0.133 e. The zero-order chi connectivity index (χ0) is 12.8. The van der Waals surface area contributed by atoms with E-state index in [-0.39, 0.29) is 0 Å². The van der Waals surface area contributed by atoms with Gasteiger partial charge in [0.25, 0.3) is 0 Å². The van der Waals surface area contributed by atoms with Crippen molar-refractivity contribution in [1.29, 1.82) is 0 Å². The maximum atomic E-state index is 5.86. The average molecular weight is 353 g/mol. The van der Waals surface area contributed by atoms with Gasteiger partial charge in [0.05, 0.1) is 3.57 Å². The number of hydrogen-bond donors (Lipinski definition) is 1. The van der Waals surface area contributed by atoms with E-state index in [1.165, 1.54) is 11.1 Å². The van der Waals surface area contributed by atoms with Crippen molar-refractivity contribution in [2.24, 2.45) is 5.73 Å². The van der Waals surface area contributed by atoms with Crippen LogP contribution < -0.4 is 10.5 Å². The topological polar surface area (TPSA) is 35.2 Å². The molecule has 94 valence electrons. The van der Waals surface area contributed by atoms with Crippen molar-refractivity contribution in [3.63, 3.8) is 0 Å². The molecule has 0 aliphatic heterocycles. The molecule has 0 aromatic heterocycles. The summed E-state index contributed by atoms with van der Waals surface area (Å²) >= 11 is 2.29. The summed E-state index contributed by atoms with van der Waals surface area (Å²) in [5, 5.41) is 0. The zero-order valence-electron chi connectivity index (χ0n) is 10.1. The fraction of sp³-hybridized carbons (Fsp3) is 0.200. The second-order valence-corrected chi connectivity index (χ2v) is 5.24. The minimum absolute atomic E-state index is 0.600. The molecule has 2 aromatic rings. The summed E-state index contributed by atoms with van der Waals surface area (Å²) in [4.78, 5) is 0. The van der Waals surface area contributed by atoms with E-state index in [2.05, 4.69) is 52.9 Å². The van der Waals surface area contributed by atoms with Crippen LogP contribution in [-0.2, 0) is 13.0 Å². The largest absolute Gasteiger partial charge is 0.488 e. The van der Waals surface area contributed by atoms with Gasteiger partial charge in [0.15, 0.2) is 0 Å². The molecule has 0 fully saturated rings. The van der Waals surface area contributed by atoms with Crippen LogP contribution in [0.2, 0.25) is 0 Å². The lowest BCUT2D eigenvalue weighted by Gasteiger charge is -2.10. The van der Waals surface area contributed by atoms with Crippen LogP contribution in [0.1, 0.15) is 11.1 Å². The number of hydrogen-bond acceptors (Lipinski definition) is 2. The minimum Gasteiger partial charge on any atom is -0.488 e. The molecular formula is C15H16INO. The molecule has 0 amide bonds. The van der Waals surface area contributed by atoms with Crippen LogP contribution in [0.4, 0.5) is 0 Å². The third kappa shape index (κ3) is 3.71. The summed E-state index contributed by atoms with van der Waals surface area (Å²) in [6, 6.07) is 16.4.